The van der Waals surface area contributed by atoms with Gasteiger partial charge in [-0.25, -0.2) is 4.79 Å². The topological polar surface area (TPSA) is 87.1 Å². The van der Waals surface area contributed by atoms with Crippen LogP contribution in [0.15, 0.2) is 32.2 Å². The summed E-state index contributed by atoms with van der Waals surface area (Å²) in [6.45, 7) is 0. The fourth-order valence-corrected chi connectivity index (χ4v) is 2.40. The summed E-state index contributed by atoms with van der Waals surface area (Å²) in [6.07, 6.45) is 1.60. The molecule has 0 amide bonds. The minimum atomic E-state index is -0.485. The Labute approximate surface area is 116 Å². The van der Waals surface area contributed by atoms with E-state index in [0.29, 0.717) is 0 Å². The standard InChI is InChI=1S/C11H10N6O2S/c1-15-9-8(10(18)16(2)11(15)19)13-14-17(9)12-6-7-4-3-5-20-7/h3-6H,1-2H3/b12-6-. The maximum absolute atomic E-state index is 11.9. The largest absolute Gasteiger partial charge is 0.332 e. The maximum atomic E-state index is 11.9. The molecule has 0 aliphatic rings. The fraction of sp³-hybridized carbons (Fsp3) is 0.182. The first kappa shape index (κ1) is 12.5. The van der Waals surface area contributed by atoms with Crippen molar-refractivity contribution < 1.29 is 0 Å². The van der Waals surface area contributed by atoms with E-state index in [1.165, 1.54) is 27.7 Å². The van der Waals surface area contributed by atoms with Crippen LogP contribution < -0.4 is 11.2 Å². The molecular weight excluding hydrogens is 280 g/mol. The van der Waals surface area contributed by atoms with Crippen LogP contribution in [0.5, 0.6) is 0 Å². The van der Waals surface area contributed by atoms with Gasteiger partial charge in [0.05, 0.1) is 6.21 Å². The molecule has 0 saturated carbocycles. The van der Waals surface area contributed by atoms with Crippen LogP contribution in [-0.4, -0.2) is 30.5 Å². The molecule has 0 saturated heterocycles. The van der Waals surface area contributed by atoms with Gasteiger partial charge in [-0.1, -0.05) is 6.07 Å². The zero-order valence-electron chi connectivity index (χ0n) is 10.7. The highest BCUT2D eigenvalue weighted by Crippen LogP contribution is 2.06. The summed E-state index contributed by atoms with van der Waals surface area (Å²) in [4.78, 5) is 25.9. The number of hydrogen-bond acceptors (Lipinski definition) is 6. The summed E-state index contributed by atoms with van der Waals surface area (Å²) in [5.41, 5.74) is -0.554. The average molecular weight is 290 g/mol. The van der Waals surface area contributed by atoms with Gasteiger partial charge in [0, 0.05) is 19.0 Å². The fourth-order valence-electron chi connectivity index (χ4n) is 1.82. The molecule has 3 rings (SSSR count). The third-order valence-corrected chi connectivity index (χ3v) is 3.67. The van der Waals surface area contributed by atoms with E-state index < -0.39 is 11.2 Å². The van der Waals surface area contributed by atoms with Gasteiger partial charge >= 0.3 is 5.69 Å². The number of thiophene rings is 1. The van der Waals surface area contributed by atoms with E-state index in [4.69, 9.17) is 0 Å². The molecule has 0 spiro atoms. The van der Waals surface area contributed by atoms with E-state index >= 15 is 0 Å². The van der Waals surface area contributed by atoms with Crippen molar-refractivity contribution in [3.63, 3.8) is 0 Å². The Bertz CT molecular complexity index is 915. The van der Waals surface area contributed by atoms with Crippen molar-refractivity contribution in [2.75, 3.05) is 0 Å². The summed E-state index contributed by atoms with van der Waals surface area (Å²) in [7, 11) is 2.95. The lowest BCUT2D eigenvalue weighted by molar-refractivity contribution is 0.666. The molecule has 3 aromatic heterocycles. The Morgan fingerprint density at radius 3 is 2.80 bits per heavy atom. The highest BCUT2D eigenvalue weighted by atomic mass is 32.1. The predicted molar refractivity (Wildman–Crippen MR) is 75.3 cm³/mol. The third-order valence-electron chi connectivity index (χ3n) is 2.87. The van der Waals surface area contributed by atoms with Crippen LogP contribution in [-0.2, 0) is 14.1 Å². The summed E-state index contributed by atoms with van der Waals surface area (Å²) < 4.78 is 2.28. The smallest absolute Gasteiger partial charge is 0.278 e. The second-order valence-corrected chi connectivity index (χ2v) is 5.10. The lowest BCUT2D eigenvalue weighted by Crippen LogP contribution is -2.37. The molecule has 0 N–H and O–H groups in total. The minimum Gasteiger partial charge on any atom is -0.278 e. The Balaban J connectivity index is 2.24. The summed E-state index contributed by atoms with van der Waals surface area (Å²) in [6, 6.07) is 3.79. The zero-order chi connectivity index (χ0) is 14.3. The van der Waals surface area contributed by atoms with Crippen LogP contribution in [0.4, 0.5) is 0 Å². The molecule has 0 fully saturated rings. The van der Waals surface area contributed by atoms with Gasteiger partial charge in [-0.3, -0.25) is 13.9 Å². The molecule has 3 heterocycles. The highest BCUT2D eigenvalue weighted by molar-refractivity contribution is 7.11. The van der Waals surface area contributed by atoms with Crippen molar-refractivity contribution in [2.24, 2.45) is 19.2 Å². The van der Waals surface area contributed by atoms with Gasteiger partial charge in [0.2, 0.25) is 0 Å². The van der Waals surface area contributed by atoms with Crippen molar-refractivity contribution in [3.05, 3.63) is 43.2 Å². The number of fused-ring (bicyclic) bond motifs is 1. The molecule has 0 atom stereocenters. The normalized spacial score (nSPS) is 11.7. The Kier molecular flexibility index (Phi) is 2.83. The molecule has 3 aromatic rings. The lowest BCUT2D eigenvalue weighted by atomic mass is 10.5. The van der Waals surface area contributed by atoms with E-state index in [2.05, 4.69) is 15.4 Å². The molecule has 0 unspecified atom stereocenters. The maximum Gasteiger partial charge on any atom is 0.332 e. The van der Waals surface area contributed by atoms with E-state index in [1.807, 2.05) is 17.5 Å². The molecule has 0 aliphatic carbocycles. The van der Waals surface area contributed by atoms with Crippen molar-refractivity contribution in [1.82, 2.24) is 24.2 Å². The van der Waals surface area contributed by atoms with E-state index in [1.54, 1.807) is 13.3 Å². The van der Waals surface area contributed by atoms with E-state index in [-0.39, 0.29) is 11.2 Å². The van der Waals surface area contributed by atoms with E-state index in [0.717, 1.165) is 9.44 Å². The van der Waals surface area contributed by atoms with Crippen LogP contribution in [0.25, 0.3) is 11.2 Å². The van der Waals surface area contributed by atoms with Gasteiger partial charge in [0.25, 0.3) is 5.56 Å². The van der Waals surface area contributed by atoms with Crippen LogP contribution in [0.2, 0.25) is 0 Å². The number of hydrogen-bond donors (Lipinski definition) is 0. The van der Waals surface area contributed by atoms with Crippen molar-refractivity contribution >= 4 is 28.7 Å². The molecule has 0 aromatic carbocycles. The summed E-state index contributed by atoms with van der Waals surface area (Å²) >= 11 is 1.52. The van der Waals surface area contributed by atoms with Crippen LogP contribution in [0, 0.1) is 0 Å². The molecular formula is C11H10N6O2S. The van der Waals surface area contributed by atoms with Crippen LogP contribution >= 0.6 is 11.3 Å². The van der Waals surface area contributed by atoms with Crippen LogP contribution in [0.3, 0.4) is 0 Å². The average Bonchev–Trinajstić information content (AvgIpc) is 3.09. The van der Waals surface area contributed by atoms with Gasteiger partial charge in [0.15, 0.2) is 11.2 Å². The van der Waals surface area contributed by atoms with Gasteiger partial charge in [0.1, 0.15) is 0 Å². The Morgan fingerprint density at radius 1 is 1.30 bits per heavy atom. The predicted octanol–water partition coefficient (Wildman–Crippen LogP) is -0.228. The number of nitrogens with zero attached hydrogens (tertiary/aromatic N) is 6. The quantitative estimate of drug-likeness (QED) is 0.610. The van der Waals surface area contributed by atoms with Gasteiger partial charge < -0.3 is 0 Å². The van der Waals surface area contributed by atoms with Gasteiger partial charge in [-0.05, 0) is 16.7 Å². The monoisotopic (exact) mass is 290 g/mol. The summed E-state index contributed by atoms with van der Waals surface area (Å²) in [5, 5.41) is 13.6. The molecule has 102 valence electrons. The first-order chi connectivity index (χ1) is 9.59. The molecule has 0 radical (unpaired) electrons. The SMILES string of the molecule is Cn1c(=O)c2nnn(/N=C\c3cccs3)c2n(C)c1=O. The lowest BCUT2D eigenvalue weighted by Gasteiger charge is -2.02. The first-order valence-corrected chi connectivity index (χ1v) is 6.57. The number of aromatic nitrogens is 5. The summed E-state index contributed by atoms with van der Waals surface area (Å²) in [5.74, 6) is 0. The third kappa shape index (κ3) is 1.79. The van der Waals surface area contributed by atoms with Crippen molar-refractivity contribution in [1.29, 1.82) is 0 Å². The van der Waals surface area contributed by atoms with Crippen molar-refractivity contribution in [2.45, 2.75) is 0 Å². The Hall–Kier alpha value is -2.55. The first-order valence-electron chi connectivity index (χ1n) is 5.69. The highest BCUT2D eigenvalue weighted by Gasteiger charge is 2.14. The molecule has 20 heavy (non-hydrogen) atoms. The number of aryl methyl sites for hydroxylation is 1. The minimum absolute atomic E-state index is 0.109. The van der Waals surface area contributed by atoms with Crippen molar-refractivity contribution in [3.8, 4) is 0 Å². The second kappa shape index (κ2) is 4.53. The Morgan fingerprint density at radius 2 is 2.10 bits per heavy atom. The van der Waals surface area contributed by atoms with Crippen LogP contribution in [0.1, 0.15) is 4.88 Å². The second-order valence-electron chi connectivity index (χ2n) is 4.12. The molecule has 8 nitrogen and oxygen atoms in total. The zero-order valence-corrected chi connectivity index (χ0v) is 11.5. The van der Waals surface area contributed by atoms with E-state index in [9.17, 15) is 9.59 Å². The number of rotatable bonds is 2. The molecule has 0 bridgehead atoms. The molecule has 9 heteroatoms. The molecule has 0 aliphatic heterocycles. The van der Waals surface area contributed by atoms with Gasteiger partial charge in [-0.2, -0.15) is 5.10 Å². The van der Waals surface area contributed by atoms with Gasteiger partial charge in [-0.15, -0.1) is 21.2 Å².